The van der Waals surface area contributed by atoms with Crippen LogP contribution in [-0.4, -0.2) is 27.5 Å². The van der Waals surface area contributed by atoms with Gasteiger partial charge < -0.3 is 4.74 Å². The molecule has 0 aliphatic carbocycles. The van der Waals surface area contributed by atoms with Gasteiger partial charge in [0.15, 0.2) is 5.82 Å². The van der Waals surface area contributed by atoms with Crippen LogP contribution in [0.3, 0.4) is 0 Å². The van der Waals surface area contributed by atoms with E-state index in [-0.39, 0.29) is 0 Å². The second-order valence-corrected chi connectivity index (χ2v) is 6.83. The first-order chi connectivity index (χ1) is 11.2. The Kier molecular flexibility index (Phi) is 5.35. The molecule has 3 rings (SSSR count). The van der Waals surface area contributed by atoms with E-state index in [2.05, 4.69) is 31.1 Å². The fourth-order valence-corrected chi connectivity index (χ4v) is 3.18. The summed E-state index contributed by atoms with van der Waals surface area (Å²) in [6, 6.07) is 16.0. The number of nitrogens with one attached hydrogen (secondary N) is 1. The lowest BCUT2D eigenvalue weighted by Gasteiger charge is -2.07. The zero-order valence-electron chi connectivity index (χ0n) is 12.6. The zero-order chi connectivity index (χ0) is 16.1. The predicted octanol–water partition coefficient (Wildman–Crippen LogP) is 4.71. The van der Waals surface area contributed by atoms with Gasteiger partial charge in [0.25, 0.3) is 0 Å². The van der Waals surface area contributed by atoms with Gasteiger partial charge in [-0.3, -0.25) is 5.10 Å². The monoisotopic (exact) mass is 389 g/mol. The molecule has 0 fully saturated rings. The van der Waals surface area contributed by atoms with E-state index in [1.165, 1.54) is 0 Å². The topological polar surface area (TPSA) is 50.8 Å². The third-order valence-electron chi connectivity index (χ3n) is 3.26. The Hall–Kier alpha value is -1.79. The minimum atomic E-state index is 0.619. The number of aromatic nitrogens is 3. The minimum absolute atomic E-state index is 0.619. The fourth-order valence-electron chi connectivity index (χ4n) is 2.09. The molecule has 0 aliphatic rings. The van der Waals surface area contributed by atoms with Crippen molar-refractivity contribution in [3.05, 3.63) is 58.6 Å². The van der Waals surface area contributed by atoms with Crippen LogP contribution in [0.5, 0.6) is 5.75 Å². The van der Waals surface area contributed by atoms with Gasteiger partial charge >= 0.3 is 0 Å². The standard InChI is InChI=1S/C17H16BrN3OS/c1-12-6-2-5-9-15(12)22-10-11-23-17-19-16(20-21-17)13-7-3-4-8-14(13)18/h2-9H,10-11H2,1H3,(H,19,20,21). The molecule has 6 heteroatoms. The minimum Gasteiger partial charge on any atom is -0.492 e. The van der Waals surface area contributed by atoms with Crippen LogP contribution in [-0.2, 0) is 0 Å². The molecule has 0 spiro atoms. The van der Waals surface area contributed by atoms with Crippen LogP contribution >= 0.6 is 27.7 Å². The quantitative estimate of drug-likeness (QED) is 0.489. The number of nitrogens with zero attached hydrogens (tertiary/aromatic N) is 2. The van der Waals surface area contributed by atoms with Crippen LogP contribution in [0.25, 0.3) is 11.4 Å². The molecule has 0 saturated heterocycles. The Balaban J connectivity index is 1.54. The number of ether oxygens (including phenoxy) is 1. The summed E-state index contributed by atoms with van der Waals surface area (Å²) in [5, 5.41) is 7.95. The van der Waals surface area contributed by atoms with Crippen molar-refractivity contribution in [1.82, 2.24) is 15.2 Å². The third-order valence-corrected chi connectivity index (χ3v) is 4.76. The van der Waals surface area contributed by atoms with Crippen molar-refractivity contribution < 1.29 is 4.74 Å². The maximum atomic E-state index is 5.77. The number of rotatable bonds is 6. The average Bonchev–Trinajstić information content (AvgIpc) is 3.02. The normalized spacial score (nSPS) is 10.7. The number of H-pyrrole nitrogens is 1. The Morgan fingerprint density at radius 1 is 1.13 bits per heavy atom. The Morgan fingerprint density at radius 2 is 1.91 bits per heavy atom. The first-order valence-corrected chi connectivity index (χ1v) is 9.00. The van der Waals surface area contributed by atoms with E-state index in [4.69, 9.17) is 4.74 Å². The number of benzene rings is 2. The molecule has 0 bridgehead atoms. The number of thioether (sulfide) groups is 1. The largest absolute Gasteiger partial charge is 0.492 e. The Morgan fingerprint density at radius 3 is 2.74 bits per heavy atom. The van der Waals surface area contributed by atoms with Crippen LogP contribution in [0.2, 0.25) is 0 Å². The average molecular weight is 390 g/mol. The maximum absolute atomic E-state index is 5.77. The fraction of sp³-hybridized carbons (Fsp3) is 0.176. The summed E-state index contributed by atoms with van der Waals surface area (Å²) in [4.78, 5) is 4.51. The van der Waals surface area contributed by atoms with Crippen molar-refractivity contribution >= 4 is 27.7 Å². The van der Waals surface area contributed by atoms with Gasteiger partial charge in [-0.1, -0.05) is 64.1 Å². The van der Waals surface area contributed by atoms with E-state index in [0.717, 1.165) is 38.1 Å². The van der Waals surface area contributed by atoms with Crippen molar-refractivity contribution in [2.75, 3.05) is 12.4 Å². The van der Waals surface area contributed by atoms with Crippen LogP contribution in [0.15, 0.2) is 58.2 Å². The van der Waals surface area contributed by atoms with E-state index >= 15 is 0 Å². The first kappa shape index (κ1) is 16.1. The molecule has 2 aromatic carbocycles. The number of aromatic amines is 1. The van der Waals surface area contributed by atoms with Crippen LogP contribution in [0.4, 0.5) is 0 Å². The smallest absolute Gasteiger partial charge is 0.208 e. The highest BCUT2D eigenvalue weighted by atomic mass is 79.9. The number of halogens is 1. The lowest BCUT2D eigenvalue weighted by Crippen LogP contribution is -2.01. The molecule has 0 aliphatic heterocycles. The van der Waals surface area contributed by atoms with Crippen LogP contribution in [0.1, 0.15) is 5.56 Å². The molecular weight excluding hydrogens is 374 g/mol. The van der Waals surface area contributed by atoms with Gasteiger partial charge in [0.2, 0.25) is 5.16 Å². The summed E-state index contributed by atoms with van der Waals surface area (Å²) in [7, 11) is 0. The van der Waals surface area contributed by atoms with Crippen molar-refractivity contribution in [2.45, 2.75) is 12.1 Å². The SMILES string of the molecule is Cc1ccccc1OCCSc1n[nH]c(-c2ccccc2Br)n1. The van der Waals surface area contributed by atoms with Gasteiger partial charge in [-0.25, -0.2) is 4.98 Å². The zero-order valence-corrected chi connectivity index (χ0v) is 15.0. The summed E-state index contributed by atoms with van der Waals surface area (Å²) in [6.45, 7) is 2.66. The van der Waals surface area contributed by atoms with Gasteiger partial charge in [0.1, 0.15) is 5.75 Å². The molecule has 1 heterocycles. The number of hydrogen-bond acceptors (Lipinski definition) is 4. The maximum Gasteiger partial charge on any atom is 0.208 e. The molecular formula is C17H16BrN3OS. The Labute approximate surface area is 147 Å². The Bertz CT molecular complexity index is 791. The lowest BCUT2D eigenvalue weighted by molar-refractivity contribution is 0.341. The second-order valence-electron chi connectivity index (χ2n) is 4.91. The van der Waals surface area contributed by atoms with Crippen molar-refractivity contribution in [2.24, 2.45) is 0 Å². The molecule has 0 unspecified atom stereocenters. The molecule has 1 aromatic heterocycles. The van der Waals surface area contributed by atoms with Crippen LogP contribution < -0.4 is 4.74 Å². The molecule has 0 radical (unpaired) electrons. The molecule has 118 valence electrons. The summed E-state index contributed by atoms with van der Waals surface area (Å²) in [5.74, 6) is 2.48. The van der Waals surface area contributed by atoms with Gasteiger partial charge in [-0.15, -0.1) is 5.10 Å². The molecule has 1 N–H and O–H groups in total. The number of hydrogen-bond donors (Lipinski definition) is 1. The molecule has 3 aromatic rings. The highest BCUT2D eigenvalue weighted by molar-refractivity contribution is 9.10. The molecule has 0 atom stereocenters. The highest BCUT2D eigenvalue weighted by Gasteiger charge is 2.09. The van der Waals surface area contributed by atoms with Crippen molar-refractivity contribution in [1.29, 1.82) is 0 Å². The molecule has 0 saturated carbocycles. The van der Waals surface area contributed by atoms with Gasteiger partial charge in [-0.2, -0.15) is 0 Å². The molecule has 0 amide bonds. The van der Waals surface area contributed by atoms with E-state index in [9.17, 15) is 0 Å². The van der Waals surface area contributed by atoms with E-state index in [0.29, 0.717) is 6.61 Å². The van der Waals surface area contributed by atoms with Crippen LogP contribution in [0, 0.1) is 6.92 Å². The summed E-state index contributed by atoms with van der Waals surface area (Å²) in [6.07, 6.45) is 0. The molecule has 23 heavy (non-hydrogen) atoms. The van der Waals surface area contributed by atoms with Crippen molar-refractivity contribution in [3.8, 4) is 17.1 Å². The predicted molar refractivity (Wildman–Crippen MR) is 96.9 cm³/mol. The van der Waals surface area contributed by atoms with E-state index < -0.39 is 0 Å². The van der Waals surface area contributed by atoms with E-state index in [1.54, 1.807) is 11.8 Å². The number of para-hydroxylation sites is 1. The van der Waals surface area contributed by atoms with Crippen molar-refractivity contribution in [3.63, 3.8) is 0 Å². The summed E-state index contributed by atoms with van der Waals surface area (Å²) in [5.41, 5.74) is 2.15. The third kappa shape index (κ3) is 4.14. The van der Waals surface area contributed by atoms with Gasteiger partial charge in [0, 0.05) is 15.8 Å². The second kappa shape index (κ2) is 7.66. The summed E-state index contributed by atoms with van der Waals surface area (Å²) >= 11 is 5.10. The first-order valence-electron chi connectivity index (χ1n) is 7.22. The van der Waals surface area contributed by atoms with E-state index in [1.807, 2.05) is 55.5 Å². The lowest BCUT2D eigenvalue weighted by atomic mass is 10.2. The number of aryl methyl sites for hydroxylation is 1. The highest BCUT2D eigenvalue weighted by Crippen LogP contribution is 2.26. The van der Waals surface area contributed by atoms with Gasteiger partial charge in [-0.05, 0) is 24.6 Å². The molecule has 4 nitrogen and oxygen atoms in total. The van der Waals surface area contributed by atoms with Gasteiger partial charge in [0.05, 0.1) is 6.61 Å². The summed E-state index contributed by atoms with van der Waals surface area (Å²) < 4.78 is 6.77.